The highest BCUT2D eigenvalue weighted by atomic mass is 32.2. The number of amides is 1. The van der Waals surface area contributed by atoms with E-state index in [-0.39, 0.29) is 5.91 Å². The van der Waals surface area contributed by atoms with Crippen LogP contribution in [0.5, 0.6) is 0 Å². The second-order valence-corrected chi connectivity index (χ2v) is 9.98. The number of thioether (sulfide) groups is 1. The van der Waals surface area contributed by atoms with E-state index >= 15 is 0 Å². The lowest BCUT2D eigenvalue weighted by molar-refractivity contribution is -0.132. The molecule has 3 heterocycles. The fraction of sp³-hybridized carbons (Fsp3) is 0.929. The number of sulfone groups is 1. The fourth-order valence-electron chi connectivity index (χ4n) is 3.93. The predicted octanol–water partition coefficient (Wildman–Crippen LogP) is 0.853. The lowest BCUT2D eigenvalue weighted by Gasteiger charge is -2.36. The topological polar surface area (TPSA) is 66.5 Å². The van der Waals surface area contributed by atoms with Gasteiger partial charge in [0.1, 0.15) is 5.37 Å². The van der Waals surface area contributed by atoms with E-state index in [1.54, 1.807) is 16.7 Å². The highest BCUT2D eigenvalue weighted by Crippen LogP contribution is 2.33. The molecule has 1 amide bonds. The fourth-order valence-corrected chi connectivity index (χ4v) is 6.76. The van der Waals surface area contributed by atoms with Crippen molar-refractivity contribution >= 4 is 27.5 Å². The summed E-state index contributed by atoms with van der Waals surface area (Å²) in [6, 6.07) is 1.15. The number of rotatable bonds is 3. The molecule has 2 bridgehead atoms. The predicted molar refractivity (Wildman–Crippen MR) is 85.0 cm³/mol. The SMILES string of the molecule is CS(=O)(=O)C1CSCCN1C(=O)CC1CC2CCC(C1)N2. The number of carbonyl (C=O) groups excluding carboxylic acids is 1. The summed E-state index contributed by atoms with van der Waals surface area (Å²) in [5.74, 6) is 1.82. The molecule has 7 heteroatoms. The number of carbonyl (C=O) groups is 1. The molecule has 120 valence electrons. The van der Waals surface area contributed by atoms with Crippen molar-refractivity contribution in [3.63, 3.8) is 0 Å². The van der Waals surface area contributed by atoms with E-state index in [1.165, 1.54) is 19.1 Å². The first kappa shape index (κ1) is 15.6. The number of nitrogens with zero attached hydrogens (tertiary/aromatic N) is 1. The second kappa shape index (κ2) is 6.08. The molecule has 0 aromatic heterocycles. The Morgan fingerprint density at radius 2 is 1.95 bits per heavy atom. The van der Waals surface area contributed by atoms with Gasteiger partial charge in [-0.1, -0.05) is 0 Å². The average molecular weight is 332 g/mol. The molecule has 3 rings (SSSR count). The summed E-state index contributed by atoms with van der Waals surface area (Å²) < 4.78 is 23.8. The van der Waals surface area contributed by atoms with Crippen LogP contribution in [0, 0.1) is 5.92 Å². The molecule has 3 aliphatic rings. The summed E-state index contributed by atoms with van der Waals surface area (Å²) in [5.41, 5.74) is 0. The van der Waals surface area contributed by atoms with Crippen molar-refractivity contribution < 1.29 is 13.2 Å². The maximum atomic E-state index is 12.6. The molecule has 5 nitrogen and oxygen atoms in total. The standard InChI is InChI=1S/C14H24N2O3S2/c1-21(18,19)14-9-20-5-4-16(14)13(17)8-10-6-11-2-3-12(7-10)15-11/h10-12,14-15H,2-9H2,1H3. The Kier molecular flexibility index (Phi) is 4.52. The van der Waals surface area contributed by atoms with Crippen molar-refractivity contribution in [2.45, 2.75) is 49.6 Å². The van der Waals surface area contributed by atoms with Crippen LogP contribution in [0.25, 0.3) is 0 Å². The van der Waals surface area contributed by atoms with Gasteiger partial charge in [-0.2, -0.15) is 11.8 Å². The number of hydrogen-bond donors (Lipinski definition) is 1. The van der Waals surface area contributed by atoms with Gasteiger partial charge in [-0.15, -0.1) is 0 Å². The molecular weight excluding hydrogens is 308 g/mol. The highest BCUT2D eigenvalue weighted by Gasteiger charge is 2.38. The molecule has 0 aromatic rings. The molecular formula is C14H24N2O3S2. The van der Waals surface area contributed by atoms with Gasteiger partial charge in [0.2, 0.25) is 5.91 Å². The van der Waals surface area contributed by atoms with Crippen molar-refractivity contribution in [1.82, 2.24) is 10.2 Å². The van der Waals surface area contributed by atoms with E-state index in [4.69, 9.17) is 0 Å². The first-order valence-corrected chi connectivity index (χ1v) is 10.9. The van der Waals surface area contributed by atoms with E-state index in [1.807, 2.05) is 0 Å². The largest absolute Gasteiger partial charge is 0.324 e. The van der Waals surface area contributed by atoms with Gasteiger partial charge in [0, 0.05) is 42.8 Å². The summed E-state index contributed by atoms with van der Waals surface area (Å²) in [6.07, 6.45) is 6.34. The van der Waals surface area contributed by atoms with Gasteiger partial charge in [0.15, 0.2) is 9.84 Å². The van der Waals surface area contributed by atoms with E-state index < -0.39 is 15.2 Å². The van der Waals surface area contributed by atoms with Crippen molar-refractivity contribution in [2.24, 2.45) is 5.92 Å². The molecule has 1 N–H and O–H groups in total. The van der Waals surface area contributed by atoms with Crippen LogP contribution in [-0.4, -0.2) is 61.0 Å². The minimum absolute atomic E-state index is 0.0389. The number of piperidine rings is 1. The molecule has 3 unspecified atom stereocenters. The summed E-state index contributed by atoms with van der Waals surface area (Å²) >= 11 is 1.62. The third kappa shape index (κ3) is 3.56. The van der Waals surface area contributed by atoms with Gasteiger partial charge in [0.05, 0.1) is 0 Å². The second-order valence-electron chi connectivity index (χ2n) is 6.63. The lowest BCUT2D eigenvalue weighted by Crippen LogP contribution is -2.50. The number of hydrogen-bond acceptors (Lipinski definition) is 5. The van der Waals surface area contributed by atoms with Gasteiger partial charge in [-0.05, 0) is 31.6 Å². The van der Waals surface area contributed by atoms with Gasteiger partial charge in [0.25, 0.3) is 0 Å². The molecule has 3 fully saturated rings. The molecule has 3 atom stereocenters. The average Bonchev–Trinajstić information content (AvgIpc) is 2.77. The number of nitrogens with one attached hydrogen (secondary N) is 1. The van der Waals surface area contributed by atoms with E-state index in [0.29, 0.717) is 36.7 Å². The zero-order valence-electron chi connectivity index (χ0n) is 12.5. The molecule has 21 heavy (non-hydrogen) atoms. The molecule has 0 saturated carbocycles. The Morgan fingerprint density at radius 3 is 2.57 bits per heavy atom. The monoisotopic (exact) mass is 332 g/mol. The van der Waals surface area contributed by atoms with Gasteiger partial charge < -0.3 is 10.2 Å². The first-order valence-electron chi connectivity index (χ1n) is 7.75. The quantitative estimate of drug-likeness (QED) is 0.830. The van der Waals surface area contributed by atoms with Crippen LogP contribution < -0.4 is 5.32 Å². The molecule has 3 saturated heterocycles. The van der Waals surface area contributed by atoms with E-state index in [0.717, 1.165) is 18.6 Å². The maximum absolute atomic E-state index is 12.6. The van der Waals surface area contributed by atoms with Gasteiger partial charge >= 0.3 is 0 Å². The Bertz CT molecular complexity index is 496. The van der Waals surface area contributed by atoms with Crippen LogP contribution in [0.1, 0.15) is 32.1 Å². The normalized spacial score (nSPS) is 36.7. The Labute approximate surface area is 131 Å². The zero-order valence-corrected chi connectivity index (χ0v) is 14.1. The van der Waals surface area contributed by atoms with Crippen LogP contribution in [0.4, 0.5) is 0 Å². The summed E-state index contributed by atoms with van der Waals surface area (Å²) in [4.78, 5) is 14.2. The van der Waals surface area contributed by atoms with Crippen molar-refractivity contribution in [2.75, 3.05) is 24.3 Å². The summed E-state index contributed by atoms with van der Waals surface area (Å²) in [7, 11) is -3.20. The molecule has 0 aliphatic carbocycles. The van der Waals surface area contributed by atoms with Crippen LogP contribution in [0.3, 0.4) is 0 Å². The molecule has 0 radical (unpaired) electrons. The van der Waals surface area contributed by atoms with Crippen LogP contribution in [0.2, 0.25) is 0 Å². The summed E-state index contributed by atoms with van der Waals surface area (Å²) in [6.45, 7) is 0.569. The van der Waals surface area contributed by atoms with E-state index in [9.17, 15) is 13.2 Å². The smallest absolute Gasteiger partial charge is 0.223 e. The minimum Gasteiger partial charge on any atom is -0.324 e. The Balaban J connectivity index is 1.63. The molecule has 0 aromatic carbocycles. The highest BCUT2D eigenvalue weighted by molar-refractivity contribution is 8.00. The summed E-state index contributed by atoms with van der Waals surface area (Å²) in [5, 5.41) is 2.96. The Hall–Kier alpha value is -0.270. The van der Waals surface area contributed by atoms with Gasteiger partial charge in [-0.25, -0.2) is 8.42 Å². The third-order valence-corrected chi connectivity index (χ3v) is 7.58. The third-order valence-electron chi connectivity index (χ3n) is 4.93. The molecule has 3 aliphatic heterocycles. The van der Waals surface area contributed by atoms with Crippen LogP contribution >= 0.6 is 11.8 Å². The van der Waals surface area contributed by atoms with Crippen molar-refractivity contribution in [3.05, 3.63) is 0 Å². The van der Waals surface area contributed by atoms with Crippen LogP contribution in [-0.2, 0) is 14.6 Å². The zero-order chi connectivity index (χ0) is 15.0. The van der Waals surface area contributed by atoms with Crippen molar-refractivity contribution in [3.8, 4) is 0 Å². The maximum Gasteiger partial charge on any atom is 0.223 e. The number of fused-ring (bicyclic) bond motifs is 2. The molecule has 0 spiro atoms. The first-order chi connectivity index (χ1) is 9.93. The lowest BCUT2D eigenvalue weighted by atomic mass is 9.89. The Morgan fingerprint density at radius 1 is 1.29 bits per heavy atom. The van der Waals surface area contributed by atoms with Crippen LogP contribution in [0.15, 0.2) is 0 Å². The van der Waals surface area contributed by atoms with Crippen molar-refractivity contribution in [1.29, 1.82) is 0 Å². The van der Waals surface area contributed by atoms with E-state index in [2.05, 4.69) is 5.32 Å². The minimum atomic E-state index is -3.20. The van der Waals surface area contributed by atoms with Gasteiger partial charge in [-0.3, -0.25) is 4.79 Å².